The molecule has 3 atom stereocenters. The van der Waals surface area contributed by atoms with Gasteiger partial charge in [0.2, 0.25) is 0 Å². The molecule has 0 bridgehead atoms. The summed E-state index contributed by atoms with van der Waals surface area (Å²) in [6.07, 6.45) is 6.41. The van der Waals surface area contributed by atoms with Crippen molar-refractivity contribution in [3.63, 3.8) is 0 Å². The van der Waals surface area contributed by atoms with Crippen LogP contribution in [-0.4, -0.2) is 6.29 Å². The molecule has 2 aliphatic rings. The molecule has 0 amide bonds. The van der Waals surface area contributed by atoms with Crippen LogP contribution in [0.25, 0.3) is 0 Å². The lowest BCUT2D eigenvalue weighted by atomic mass is 9.83. The number of carbonyl (C=O) groups excluding carboxylic acids is 1. The van der Waals surface area contributed by atoms with Gasteiger partial charge in [-0.2, -0.15) is 0 Å². The Bertz CT molecular complexity index is 350. The average Bonchev–Trinajstić information content (AvgIpc) is 2.55. The summed E-state index contributed by atoms with van der Waals surface area (Å²) >= 11 is 0. The van der Waals surface area contributed by atoms with Gasteiger partial charge < -0.3 is 0 Å². The first-order valence-corrected chi connectivity index (χ1v) is 6.12. The number of rotatable bonds is 2. The highest BCUT2D eigenvalue weighted by molar-refractivity contribution is 5.72. The first-order chi connectivity index (χ1) is 7.63. The molecular weight excluding hydrogens is 196 g/mol. The number of allylic oxidation sites excluding steroid dienone is 3. The van der Waals surface area contributed by atoms with E-state index in [-0.39, 0.29) is 0 Å². The lowest BCUT2D eigenvalue weighted by molar-refractivity contribution is -0.105. The Morgan fingerprint density at radius 1 is 1.12 bits per heavy atom. The molecule has 0 aromatic rings. The summed E-state index contributed by atoms with van der Waals surface area (Å²) in [5.74, 6) is 1.52. The minimum absolute atomic E-state index is 0.346. The monoisotopic (exact) mass is 216 g/mol. The zero-order valence-corrected chi connectivity index (χ0v) is 9.87. The van der Waals surface area contributed by atoms with Crippen LogP contribution in [0.15, 0.2) is 36.5 Å². The van der Waals surface area contributed by atoms with Gasteiger partial charge in [-0.25, -0.2) is 0 Å². The Balaban J connectivity index is 2.19. The molecule has 0 N–H and O–H groups in total. The van der Waals surface area contributed by atoms with Crippen molar-refractivity contribution >= 4 is 6.29 Å². The smallest absolute Gasteiger partial charge is 0.145 e. The Labute approximate surface area is 97.9 Å². The molecule has 0 aromatic heterocycles. The van der Waals surface area contributed by atoms with Gasteiger partial charge in [-0.3, -0.25) is 4.79 Å². The quantitative estimate of drug-likeness (QED) is 0.391. The van der Waals surface area contributed by atoms with Crippen molar-refractivity contribution in [3.8, 4) is 0 Å². The molecule has 2 rings (SSSR count). The van der Waals surface area contributed by atoms with Gasteiger partial charge in [0.1, 0.15) is 6.29 Å². The summed E-state index contributed by atoms with van der Waals surface area (Å²) in [5, 5.41) is 0. The van der Waals surface area contributed by atoms with Gasteiger partial charge in [-0.1, -0.05) is 30.9 Å². The van der Waals surface area contributed by atoms with Crippen LogP contribution >= 0.6 is 0 Å². The summed E-state index contributed by atoms with van der Waals surface area (Å²) in [4.78, 5) is 10.8. The van der Waals surface area contributed by atoms with Crippen molar-refractivity contribution in [1.29, 1.82) is 0 Å². The maximum absolute atomic E-state index is 10.8. The molecule has 2 aliphatic carbocycles. The Hall–Kier alpha value is -1.11. The SMILES string of the molecule is C=C(C=O)C1CCC(=C)C2CCC(=C)C2C1. The van der Waals surface area contributed by atoms with Crippen molar-refractivity contribution in [2.45, 2.75) is 32.1 Å². The second-order valence-corrected chi connectivity index (χ2v) is 5.23. The molecule has 2 fully saturated rings. The van der Waals surface area contributed by atoms with Crippen LogP contribution in [0.3, 0.4) is 0 Å². The van der Waals surface area contributed by atoms with Crippen molar-refractivity contribution in [3.05, 3.63) is 36.5 Å². The van der Waals surface area contributed by atoms with Crippen LogP contribution in [0.5, 0.6) is 0 Å². The maximum Gasteiger partial charge on any atom is 0.145 e. The van der Waals surface area contributed by atoms with Gasteiger partial charge in [-0.05, 0) is 55.4 Å². The summed E-state index contributed by atoms with van der Waals surface area (Å²) < 4.78 is 0. The largest absolute Gasteiger partial charge is 0.298 e. The molecule has 86 valence electrons. The number of fused-ring (bicyclic) bond motifs is 1. The third-order valence-electron chi connectivity index (χ3n) is 4.34. The van der Waals surface area contributed by atoms with Crippen LogP contribution in [0, 0.1) is 17.8 Å². The van der Waals surface area contributed by atoms with E-state index in [9.17, 15) is 4.79 Å². The summed E-state index contributed by atoms with van der Waals surface area (Å²) in [7, 11) is 0. The molecule has 0 heterocycles. The normalized spacial score (nSPS) is 34.4. The average molecular weight is 216 g/mol. The molecule has 3 unspecified atom stereocenters. The molecule has 0 aromatic carbocycles. The molecule has 0 spiro atoms. The minimum Gasteiger partial charge on any atom is -0.298 e. The zero-order chi connectivity index (χ0) is 11.7. The van der Waals surface area contributed by atoms with E-state index >= 15 is 0 Å². The number of hydrogen-bond donors (Lipinski definition) is 0. The number of aldehydes is 1. The van der Waals surface area contributed by atoms with E-state index in [0.29, 0.717) is 17.8 Å². The Morgan fingerprint density at radius 2 is 1.75 bits per heavy atom. The Kier molecular flexibility index (Phi) is 3.13. The summed E-state index contributed by atoms with van der Waals surface area (Å²) in [6.45, 7) is 12.3. The molecule has 16 heavy (non-hydrogen) atoms. The highest BCUT2D eigenvalue weighted by Crippen LogP contribution is 2.48. The fourth-order valence-electron chi connectivity index (χ4n) is 3.23. The van der Waals surface area contributed by atoms with Crippen LogP contribution < -0.4 is 0 Å². The van der Waals surface area contributed by atoms with Crippen molar-refractivity contribution in [2.75, 3.05) is 0 Å². The highest BCUT2D eigenvalue weighted by atomic mass is 16.1. The van der Waals surface area contributed by atoms with Crippen LogP contribution in [0.2, 0.25) is 0 Å². The minimum atomic E-state index is 0.346. The molecule has 0 saturated heterocycles. The van der Waals surface area contributed by atoms with Gasteiger partial charge in [-0.15, -0.1) is 0 Å². The van der Waals surface area contributed by atoms with Crippen molar-refractivity contribution in [1.82, 2.24) is 0 Å². The first kappa shape index (κ1) is 11.4. The van der Waals surface area contributed by atoms with Gasteiger partial charge in [0, 0.05) is 0 Å². The third kappa shape index (κ3) is 1.91. The van der Waals surface area contributed by atoms with Gasteiger partial charge in [0.15, 0.2) is 0 Å². The fourth-order valence-corrected chi connectivity index (χ4v) is 3.23. The van der Waals surface area contributed by atoms with Crippen molar-refractivity contribution < 1.29 is 4.79 Å². The number of carbonyl (C=O) groups is 1. The van der Waals surface area contributed by atoms with Gasteiger partial charge in [0.25, 0.3) is 0 Å². The van der Waals surface area contributed by atoms with E-state index in [4.69, 9.17) is 0 Å². The predicted molar refractivity (Wildman–Crippen MR) is 67.0 cm³/mol. The fraction of sp³-hybridized carbons (Fsp3) is 0.533. The molecule has 0 radical (unpaired) electrons. The first-order valence-electron chi connectivity index (χ1n) is 6.12. The Morgan fingerprint density at radius 3 is 2.44 bits per heavy atom. The lowest BCUT2D eigenvalue weighted by Crippen LogP contribution is -2.12. The molecule has 1 nitrogen and oxygen atoms in total. The van der Waals surface area contributed by atoms with Crippen LogP contribution in [-0.2, 0) is 4.79 Å². The molecular formula is C15H20O. The van der Waals surface area contributed by atoms with Gasteiger partial charge in [0.05, 0.1) is 0 Å². The summed E-state index contributed by atoms with van der Waals surface area (Å²) in [6, 6.07) is 0. The van der Waals surface area contributed by atoms with E-state index < -0.39 is 0 Å². The highest BCUT2D eigenvalue weighted by Gasteiger charge is 2.36. The maximum atomic E-state index is 10.8. The van der Waals surface area contributed by atoms with E-state index in [1.807, 2.05) is 0 Å². The lowest BCUT2D eigenvalue weighted by Gasteiger charge is -2.21. The van der Waals surface area contributed by atoms with E-state index in [1.165, 1.54) is 17.6 Å². The number of hydrogen-bond acceptors (Lipinski definition) is 1. The predicted octanol–water partition coefficient (Wildman–Crippen LogP) is 3.68. The molecule has 0 aliphatic heterocycles. The van der Waals surface area contributed by atoms with E-state index in [1.54, 1.807) is 0 Å². The standard InChI is InChI=1S/C15H20O/c1-10-4-6-13(12(3)9-16)8-15-11(2)5-7-14(10)15/h9,13-15H,1-8H2. The van der Waals surface area contributed by atoms with E-state index in [2.05, 4.69) is 19.7 Å². The topological polar surface area (TPSA) is 17.1 Å². The van der Waals surface area contributed by atoms with Crippen LogP contribution in [0.4, 0.5) is 0 Å². The molecule has 2 saturated carbocycles. The summed E-state index contributed by atoms with van der Waals surface area (Å²) in [5.41, 5.74) is 3.48. The van der Waals surface area contributed by atoms with E-state index in [0.717, 1.165) is 37.5 Å². The zero-order valence-electron chi connectivity index (χ0n) is 9.87. The molecule has 1 heteroatoms. The second-order valence-electron chi connectivity index (χ2n) is 5.23. The van der Waals surface area contributed by atoms with Crippen molar-refractivity contribution in [2.24, 2.45) is 17.8 Å². The van der Waals surface area contributed by atoms with Gasteiger partial charge >= 0.3 is 0 Å². The third-order valence-corrected chi connectivity index (χ3v) is 4.34. The van der Waals surface area contributed by atoms with Crippen LogP contribution in [0.1, 0.15) is 32.1 Å². The second kappa shape index (κ2) is 4.40.